The molecule has 0 saturated carbocycles. The summed E-state index contributed by atoms with van der Waals surface area (Å²) in [4.78, 5) is 18.5. The van der Waals surface area contributed by atoms with Gasteiger partial charge in [-0.15, -0.1) is 23.7 Å². The van der Waals surface area contributed by atoms with Crippen LogP contribution in [0.5, 0.6) is 11.5 Å². The van der Waals surface area contributed by atoms with Gasteiger partial charge in [-0.2, -0.15) is 0 Å². The van der Waals surface area contributed by atoms with Crippen LogP contribution in [0.25, 0.3) is 0 Å². The van der Waals surface area contributed by atoms with E-state index in [2.05, 4.69) is 4.98 Å². The molecular formula is C16H22ClN3O3S. The third-order valence-electron chi connectivity index (χ3n) is 3.51. The van der Waals surface area contributed by atoms with E-state index < -0.39 is 0 Å². The van der Waals surface area contributed by atoms with E-state index in [1.807, 2.05) is 24.4 Å². The van der Waals surface area contributed by atoms with Gasteiger partial charge in [0.2, 0.25) is 5.91 Å². The molecule has 0 aliphatic heterocycles. The van der Waals surface area contributed by atoms with E-state index in [9.17, 15) is 4.79 Å². The summed E-state index contributed by atoms with van der Waals surface area (Å²) in [7, 11) is 3.19. The fourth-order valence-corrected chi connectivity index (χ4v) is 2.76. The maximum absolute atomic E-state index is 12.6. The molecule has 0 fully saturated rings. The Labute approximate surface area is 152 Å². The fourth-order valence-electron chi connectivity index (χ4n) is 2.11. The van der Waals surface area contributed by atoms with Gasteiger partial charge in [0.15, 0.2) is 5.13 Å². The van der Waals surface area contributed by atoms with Crippen molar-refractivity contribution in [3.05, 3.63) is 35.3 Å². The summed E-state index contributed by atoms with van der Waals surface area (Å²) in [5.41, 5.74) is 6.52. The number of amides is 1. The van der Waals surface area contributed by atoms with Crippen LogP contribution < -0.4 is 20.1 Å². The molecule has 1 amide bonds. The molecule has 0 aliphatic carbocycles. The van der Waals surface area contributed by atoms with Crippen molar-refractivity contribution in [2.24, 2.45) is 11.7 Å². The molecule has 132 valence electrons. The standard InChI is InChI=1S/C16H21N3O3S.ClH/c1-11(9-17)15(20)19(16-18-6-7-23-16)10-12-4-5-13(21-2)8-14(12)22-3;/h4-8,11H,9-10,17H2,1-3H3;1H. The van der Waals surface area contributed by atoms with Gasteiger partial charge < -0.3 is 15.2 Å². The first kappa shape index (κ1) is 20.2. The number of anilines is 1. The predicted molar refractivity (Wildman–Crippen MR) is 98.3 cm³/mol. The molecule has 0 aliphatic rings. The smallest absolute Gasteiger partial charge is 0.233 e. The molecule has 1 heterocycles. The monoisotopic (exact) mass is 371 g/mol. The number of methoxy groups -OCH3 is 2. The van der Waals surface area contributed by atoms with Gasteiger partial charge in [0.25, 0.3) is 0 Å². The summed E-state index contributed by atoms with van der Waals surface area (Å²) in [6.07, 6.45) is 1.68. The van der Waals surface area contributed by atoms with Crippen molar-refractivity contribution in [3.63, 3.8) is 0 Å². The quantitative estimate of drug-likeness (QED) is 0.809. The molecule has 1 unspecified atom stereocenters. The number of hydrogen-bond acceptors (Lipinski definition) is 6. The highest BCUT2D eigenvalue weighted by atomic mass is 35.5. The second kappa shape index (κ2) is 9.46. The second-order valence-corrected chi connectivity index (χ2v) is 5.93. The topological polar surface area (TPSA) is 77.7 Å². The maximum atomic E-state index is 12.6. The third-order valence-corrected chi connectivity index (χ3v) is 4.31. The lowest BCUT2D eigenvalue weighted by atomic mass is 10.1. The van der Waals surface area contributed by atoms with Crippen LogP contribution in [0.3, 0.4) is 0 Å². The third kappa shape index (κ3) is 4.59. The number of nitrogens with zero attached hydrogens (tertiary/aromatic N) is 2. The Hall–Kier alpha value is -1.83. The Morgan fingerprint density at radius 3 is 2.67 bits per heavy atom. The van der Waals surface area contributed by atoms with Crippen molar-refractivity contribution in [1.82, 2.24) is 4.98 Å². The van der Waals surface area contributed by atoms with Crippen LogP contribution in [0.15, 0.2) is 29.8 Å². The zero-order chi connectivity index (χ0) is 16.8. The number of benzene rings is 1. The van der Waals surface area contributed by atoms with E-state index in [0.717, 1.165) is 5.56 Å². The minimum absolute atomic E-state index is 0. The van der Waals surface area contributed by atoms with Gasteiger partial charge >= 0.3 is 0 Å². The molecule has 24 heavy (non-hydrogen) atoms. The molecule has 0 spiro atoms. The summed E-state index contributed by atoms with van der Waals surface area (Å²) in [6, 6.07) is 5.53. The molecule has 1 aromatic heterocycles. The van der Waals surface area contributed by atoms with Crippen LogP contribution in [0.2, 0.25) is 0 Å². The first-order valence-corrected chi connectivity index (χ1v) is 8.10. The largest absolute Gasteiger partial charge is 0.497 e. The summed E-state index contributed by atoms with van der Waals surface area (Å²) in [5, 5.41) is 2.49. The van der Waals surface area contributed by atoms with Gasteiger partial charge in [0.1, 0.15) is 11.5 Å². The zero-order valence-electron chi connectivity index (χ0n) is 13.9. The lowest BCUT2D eigenvalue weighted by Crippen LogP contribution is -2.37. The average molecular weight is 372 g/mol. The van der Waals surface area contributed by atoms with E-state index in [1.165, 1.54) is 11.3 Å². The molecule has 0 radical (unpaired) electrons. The number of ether oxygens (including phenoxy) is 2. The summed E-state index contributed by atoms with van der Waals surface area (Å²) in [5.74, 6) is 1.04. The van der Waals surface area contributed by atoms with E-state index in [-0.39, 0.29) is 24.2 Å². The molecule has 0 bridgehead atoms. The number of aromatic nitrogens is 1. The number of nitrogens with two attached hydrogens (primary N) is 1. The van der Waals surface area contributed by atoms with Crippen molar-refractivity contribution in [1.29, 1.82) is 0 Å². The van der Waals surface area contributed by atoms with Gasteiger partial charge in [-0.25, -0.2) is 4.98 Å². The Kier molecular flexibility index (Phi) is 7.97. The van der Waals surface area contributed by atoms with Gasteiger partial charge in [-0.05, 0) is 12.1 Å². The normalized spacial score (nSPS) is 11.3. The van der Waals surface area contributed by atoms with Crippen LogP contribution >= 0.6 is 23.7 Å². The van der Waals surface area contributed by atoms with Crippen molar-refractivity contribution in [2.45, 2.75) is 13.5 Å². The van der Waals surface area contributed by atoms with Crippen LogP contribution in [0.1, 0.15) is 12.5 Å². The van der Waals surface area contributed by atoms with Crippen LogP contribution in [0.4, 0.5) is 5.13 Å². The van der Waals surface area contributed by atoms with E-state index in [1.54, 1.807) is 31.4 Å². The van der Waals surface area contributed by atoms with E-state index >= 15 is 0 Å². The molecule has 6 nitrogen and oxygen atoms in total. The molecule has 1 atom stereocenters. The predicted octanol–water partition coefficient (Wildman–Crippen LogP) is 2.71. The number of carbonyl (C=O) groups excluding carboxylic acids is 1. The number of carbonyl (C=O) groups is 1. The number of halogens is 1. The van der Waals surface area contributed by atoms with Crippen LogP contribution in [-0.2, 0) is 11.3 Å². The first-order chi connectivity index (χ1) is 11.1. The molecular weight excluding hydrogens is 350 g/mol. The van der Waals surface area contributed by atoms with Crippen LogP contribution in [-0.4, -0.2) is 31.7 Å². The van der Waals surface area contributed by atoms with Crippen LogP contribution in [0, 0.1) is 5.92 Å². The lowest BCUT2D eigenvalue weighted by Gasteiger charge is -2.24. The minimum Gasteiger partial charge on any atom is -0.497 e. The summed E-state index contributed by atoms with van der Waals surface area (Å²) < 4.78 is 10.6. The van der Waals surface area contributed by atoms with Crippen molar-refractivity contribution in [2.75, 3.05) is 25.7 Å². The molecule has 2 aromatic rings. The summed E-state index contributed by atoms with van der Waals surface area (Å²) in [6.45, 7) is 2.47. The zero-order valence-corrected chi connectivity index (χ0v) is 15.5. The SMILES string of the molecule is COc1ccc(CN(C(=O)C(C)CN)c2nccs2)c(OC)c1.Cl. The highest BCUT2D eigenvalue weighted by Crippen LogP contribution is 2.29. The minimum atomic E-state index is -0.275. The number of hydrogen-bond donors (Lipinski definition) is 1. The van der Waals surface area contributed by atoms with Crippen molar-refractivity contribution in [3.8, 4) is 11.5 Å². The molecule has 8 heteroatoms. The summed E-state index contributed by atoms with van der Waals surface area (Å²) >= 11 is 1.42. The Bertz CT molecular complexity index is 652. The van der Waals surface area contributed by atoms with Crippen molar-refractivity contribution < 1.29 is 14.3 Å². The molecule has 2 rings (SSSR count). The highest BCUT2D eigenvalue weighted by Gasteiger charge is 2.24. The van der Waals surface area contributed by atoms with E-state index in [4.69, 9.17) is 15.2 Å². The Morgan fingerprint density at radius 1 is 1.38 bits per heavy atom. The molecule has 0 saturated heterocycles. The Morgan fingerprint density at radius 2 is 2.12 bits per heavy atom. The Balaban J connectivity index is 0.00000288. The van der Waals surface area contributed by atoms with Gasteiger partial charge in [0.05, 0.1) is 20.8 Å². The van der Waals surface area contributed by atoms with Gasteiger partial charge in [0, 0.05) is 35.7 Å². The molecule has 2 N–H and O–H groups in total. The maximum Gasteiger partial charge on any atom is 0.233 e. The van der Waals surface area contributed by atoms with Gasteiger partial charge in [-0.1, -0.05) is 6.92 Å². The first-order valence-electron chi connectivity index (χ1n) is 7.22. The number of rotatable bonds is 7. The molecule has 1 aromatic carbocycles. The second-order valence-electron chi connectivity index (χ2n) is 5.05. The van der Waals surface area contributed by atoms with E-state index in [0.29, 0.717) is 29.7 Å². The number of thiazole rings is 1. The average Bonchev–Trinajstić information content (AvgIpc) is 3.12. The van der Waals surface area contributed by atoms with Crippen molar-refractivity contribution >= 4 is 34.8 Å². The van der Waals surface area contributed by atoms with Gasteiger partial charge in [-0.3, -0.25) is 9.69 Å². The fraction of sp³-hybridized carbons (Fsp3) is 0.375. The highest BCUT2D eigenvalue weighted by molar-refractivity contribution is 7.13. The lowest BCUT2D eigenvalue weighted by molar-refractivity contribution is -0.121.